The molecule has 0 aliphatic carbocycles. The van der Waals surface area contributed by atoms with Crippen LogP contribution in [0.2, 0.25) is 0 Å². The first-order valence-electron chi connectivity index (χ1n) is 5.18. The molecule has 0 aliphatic rings. The molecule has 0 heterocycles. The molecule has 0 radical (unpaired) electrons. The summed E-state index contributed by atoms with van der Waals surface area (Å²) in [4.78, 5) is 0.883. The monoisotopic (exact) mass is 329 g/mol. The molecule has 5 heteroatoms. The highest BCUT2D eigenvalue weighted by atomic mass is 79.9. The number of anilines is 1. The Balaban J connectivity index is 2.18. The summed E-state index contributed by atoms with van der Waals surface area (Å²) in [6.07, 6.45) is 0. The van der Waals surface area contributed by atoms with Gasteiger partial charge >= 0.3 is 0 Å². The summed E-state index contributed by atoms with van der Waals surface area (Å²) in [5.74, 6) is -0.862. The van der Waals surface area contributed by atoms with Crippen LogP contribution in [0.3, 0.4) is 0 Å². The van der Waals surface area contributed by atoms with E-state index in [9.17, 15) is 8.78 Å². The van der Waals surface area contributed by atoms with Gasteiger partial charge in [0, 0.05) is 21.9 Å². The lowest BCUT2D eigenvalue weighted by atomic mass is 10.2. The van der Waals surface area contributed by atoms with Crippen molar-refractivity contribution in [3.63, 3.8) is 0 Å². The van der Waals surface area contributed by atoms with Gasteiger partial charge in [-0.1, -0.05) is 6.07 Å². The number of nitrogen functional groups attached to an aromatic ring is 1. The van der Waals surface area contributed by atoms with Gasteiger partial charge < -0.3 is 5.73 Å². The highest BCUT2D eigenvalue weighted by Gasteiger charge is 2.12. The minimum Gasteiger partial charge on any atom is -0.399 e. The fourth-order valence-electron chi connectivity index (χ4n) is 1.46. The predicted molar refractivity (Wildman–Crippen MR) is 74.5 cm³/mol. The minimum absolute atomic E-state index is 0.0665. The van der Waals surface area contributed by atoms with Gasteiger partial charge in [0.2, 0.25) is 0 Å². The van der Waals surface area contributed by atoms with Crippen molar-refractivity contribution in [3.8, 4) is 0 Å². The second kappa shape index (κ2) is 5.71. The Morgan fingerprint density at radius 3 is 2.67 bits per heavy atom. The van der Waals surface area contributed by atoms with Crippen LogP contribution in [-0.2, 0) is 5.75 Å². The van der Waals surface area contributed by atoms with Crippen molar-refractivity contribution in [2.45, 2.75) is 10.6 Å². The Morgan fingerprint density at radius 2 is 1.94 bits per heavy atom. The van der Waals surface area contributed by atoms with E-state index < -0.39 is 11.6 Å². The molecule has 94 valence electrons. The molecule has 0 unspecified atom stereocenters. The van der Waals surface area contributed by atoms with Crippen LogP contribution >= 0.6 is 27.7 Å². The van der Waals surface area contributed by atoms with Crippen LogP contribution < -0.4 is 5.73 Å². The van der Waals surface area contributed by atoms with E-state index >= 15 is 0 Å². The molecule has 0 fully saturated rings. The molecule has 2 rings (SSSR count). The lowest BCUT2D eigenvalue weighted by Gasteiger charge is -2.07. The molecule has 2 aromatic carbocycles. The molecular weight excluding hydrogens is 320 g/mol. The Hall–Kier alpha value is -1.07. The standard InChI is InChI=1S/C13H10BrF2NS/c14-11-4-5-12(15)10(13(11)16)7-18-9-3-1-2-8(17)6-9/h1-6H,7,17H2. The van der Waals surface area contributed by atoms with Crippen molar-refractivity contribution in [2.75, 3.05) is 5.73 Å². The third-order valence-corrected chi connectivity index (χ3v) is 4.01. The summed E-state index contributed by atoms with van der Waals surface area (Å²) >= 11 is 4.39. The third-order valence-electron chi connectivity index (χ3n) is 2.38. The number of hydrogen-bond acceptors (Lipinski definition) is 2. The van der Waals surface area contributed by atoms with Gasteiger partial charge in [-0.15, -0.1) is 11.8 Å². The van der Waals surface area contributed by atoms with Gasteiger partial charge in [-0.25, -0.2) is 8.78 Å². The summed E-state index contributed by atoms with van der Waals surface area (Å²) in [6, 6.07) is 9.82. The number of rotatable bonds is 3. The van der Waals surface area contributed by atoms with Crippen molar-refractivity contribution in [2.24, 2.45) is 0 Å². The molecule has 0 aromatic heterocycles. The molecule has 0 spiro atoms. The Kier molecular flexibility index (Phi) is 4.24. The van der Waals surface area contributed by atoms with E-state index in [1.165, 1.54) is 23.9 Å². The lowest BCUT2D eigenvalue weighted by Crippen LogP contribution is -1.94. The fourth-order valence-corrected chi connectivity index (χ4v) is 2.80. The highest BCUT2D eigenvalue weighted by molar-refractivity contribution is 9.10. The van der Waals surface area contributed by atoms with E-state index in [1.807, 2.05) is 12.1 Å². The zero-order chi connectivity index (χ0) is 13.1. The van der Waals surface area contributed by atoms with E-state index in [0.29, 0.717) is 5.69 Å². The van der Waals surface area contributed by atoms with Crippen molar-refractivity contribution in [3.05, 3.63) is 58.1 Å². The first-order chi connectivity index (χ1) is 8.58. The number of hydrogen-bond donors (Lipinski definition) is 1. The van der Waals surface area contributed by atoms with Crippen LogP contribution in [0.25, 0.3) is 0 Å². The maximum Gasteiger partial charge on any atom is 0.144 e. The minimum atomic E-state index is -0.550. The maximum absolute atomic E-state index is 13.7. The normalized spacial score (nSPS) is 10.6. The Labute approximate surface area is 117 Å². The van der Waals surface area contributed by atoms with E-state index in [0.717, 1.165) is 4.90 Å². The Bertz CT molecular complexity index is 575. The van der Waals surface area contributed by atoms with Crippen molar-refractivity contribution in [1.82, 2.24) is 0 Å². The van der Waals surface area contributed by atoms with Gasteiger partial charge in [-0.05, 0) is 46.3 Å². The second-order valence-electron chi connectivity index (χ2n) is 3.68. The maximum atomic E-state index is 13.7. The average molecular weight is 330 g/mol. The molecule has 0 bridgehead atoms. The topological polar surface area (TPSA) is 26.0 Å². The number of halogens is 3. The van der Waals surface area contributed by atoms with Gasteiger partial charge in [0.15, 0.2) is 0 Å². The van der Waals surface area contributed by atoms with Gasteiger partial charge in [0.25, 0.3) is 0 Å². The molecule has 0 saturated heterocycles. The Morgan fingerprint density at radius 1 is 1.17 bits per heavy atom. The summed E-state index contributed by atoms with van der Waals surface area (Å²) < 4.78 is 27.5. The molecule has 18 heavy (non-hydrogen) atoms. The predicted octanol–water partition coefficient (Wildman–Crippen LogP) is 4.60. The smallest absolute Gasteiger partial charge is 0.144 e. The third kappa shape index (κ3) is 3.03. The molecule has 2 N–H and O–H groups in total. The van der Waals surface area contributed by atoms with E-state index in [4.69, 9.17) is 5.73 Å². The average Bonchev–Trinajstić information content (AvgIpc) is 2.34. The summed E-state index contributed by atoms with van der Waals surface area (Å²) in [5.41, 5.74) is 6.34. The quantitative estimate of drug-likeness (QED) is 0.506. The number of thioether (sulfide) groups is 1. The summed E-state index contributed by atoms with van der Waals surface area (Å²) in [5, 5.41) is 0. The van der Waals surface area contributed by atoms with Crippen LogP contribution in [-0.4, -0.2) is 0 Å². The van der Waals surface area contributed by atoms with E-state index in [1.54, 1.807) is 12.1 Å². The van der Waals surface area contributed by atoms with Crippen molar-refractivity contribution >= 4 is 33.4 Å². The van der Waals surface area contributed by atoms with Gasteiger partial charge in [0.05, 0.1) is 4.47 Å². The number of nitrogens with two attached hydrogens (primary N) is 1. The van der Waals surface area contributed by atoms with Crippen LogP contribution in [0.5, 0.6) is 0 Å². The fraction of sp³-hybridized carbons (Fsp3) is 0.0769. The summed E-state index contributed by atoms with van der Waals surface area (Å²) in [6.45, 7) is 0. The first-order valence-corrected chi connectivity index (χ1v) is 6.96. The van der Waals surface area contributed by atoms with E-state index in [2.05, 4.69) is 15.9 Å². The molecule has 1 nitrogen and oxygen atoms in total. The second-order valence-corrected chi connectivity index (χ2v) is 5.59. The number of benzene rings is 2. The first kappa shape index (κ1) is 13.4. The van der Waals surface area contributed by atoms with Gasteiger partial charge in [-0.2, -0.15) is 0 Å². The van der Waals surface area contributed by atoms with E-state index in [-0.39, 0.29) is 15.8 Å². The van der Waals surface area contributed by atoms with Crippen molar-refractivity contribution in [1.29, 1.82) is 0 Å². The van der Waals surface area contributed by atoms with Crippen LogP contribution in [0.4, 0.5) is 14.5 Å². The SMILES string of the molecule is Nc1cccc(SCc2c(F)ccc(Br)c2F)c1. The van der Waals surface area contributed by atoms with Gasteiger partial charge in [0.1, 0.15) is 11.6 Å². The largest absolute Gasteiger partial charge is 0.399 e. The zero-order valence-electron chi connectivity index (χ0n) is 9.29. The molecular formula is C13H10BrF2NS. The molecule has 0 atom stereocenters. The molecule has 2 aromatic rings. The lowest BCUT2D eigenvalue weighted by molar-refractivity contribution is 0.562. The van der Waals surface area contributed by atoms with Crippen LogP contribution in [0, 0.1) is 11.6 Å². The molecule has 0 amide bonds. The van der Waals surface area contributed by atoms with Crippen LogP contribution in [0.1, 0.15) is 5.56 Å². The summed E-state index contributed by atoms with van der Waals surface area (Å²) in [7, 11) is 0. The highest BCUT2D eigenvalue weighted by Crippen LogP contribution is 2.29. The van der Waals surface area contributed by atoms with Crippen LogP contribution in [0.15, 0.2) is 45.8 Å². The van der Waals surface area contributed by atoms with Gasteiger partial charge in [-0.3, -0.25) is 0 Å². The van der Waals surface area contributed by atoms with Crippen molar-refractivity contribution < 1.29 is 8.78 Å². The molecule has 0 saturated carbocycles. The molecule has 0 aliphatic heterocycles. The zero-order valence-corrected chi connectivity index (χ0v) is 11.7.